The van der Waals surface area contributed by atoms with Crippen molar-refractivity contribution in [2.75, 3.05) is 13.2 Å². The van der Waals surface area contributed by atoms with Crippen molar-refractivity contribution in [2.45, 2.75) is 26.4 Å². The number of rotatable bonds is 5. The number of aryl methyl sites for hydroxylation is 1. The lowest BCUT2D eigenvalue weighted by molar-refractivity contribution is 0.0342. The Labute approximate surface area is 84.7 Å². The zero-order valence-electron chi connectivity index (χ0n) is 8.73. The Morgan fingerprint density at radius 2 is 2.29 bits per heavy atom. The van der Waals surface area contributed by atoms with E-state index in [0.29, 0.717) is 18.9 Å². The molecule has 0 spiro atoms. The minimum atomic E-state index is -0.610. The van der Waals surface area contributed by atoms with Crippen molar-refractivity contribution >= 4 is 0 Å². The molecule has 0 bridgehead atoms. The summed E-state index contributed by atoms with van der Waals surface area (Å²) < 4.78 is 5.25. The average molecular weight is 195 g/mol. The minimum absolute atomic E-state index is 0.324. The number of aromatic nitrogens is 1. The molecule has 1 aromatic rings. The van der Waals surface area contributed by atoms with Crippen LogP contribution in [0.5, 0.6) is 0 Å². The van der Waals surface area contributed by atoms with Gasteiger partial charge in [-0.05, 0) is 25.5 Å². The Kier molecular flexibility index (Phi) is 4.56. The monoisotopic (exact) mass is 195 g/mol. The number of nitrogens with zero attached hydrogens (tertiary/aromatic N) is 1. The molecule has 1 heterocycles. The summed E-state index contributed by atoms with van der Waals surface area (Å²) in [5.74, 6) is 0. The quantitative estimate of drug-likeness (QED) is 0.729. The number of hydrogen-bond donors (Lipinski definition) is 1. The molecule has 0 aliphatic heterocycles. The van der Waals surface area contributed by atoms with Crippen molar-refractivity contribution in [3.8, 4) is 0 Å². The van der Waals surface area contributed by atoms with Crippen LogP contribution in [-0.2, 0) is 4.74 Å². The molecule has 0 fully saturated rings. The molecule has 3 nitrogen and oxygen atoms in total. The summed E-state index contributed by atoms with van der Waals surface area (Å²) in [6.45, 7) is 4.95. The molecule has 0 amide bonds. The molecular formula is C11H17NO2. The van der Waals surface area contributed by atoms with E-state index in [-0.39, 0.29) is 0 Å². The van der Waals surface area contributed by atoms with Gasteiger partial charge in [0.2, 0.25) is 0 Å². The van der Waals surface area contributed by atoms with Gasteiger partial charge in [-0.15, -0.1) is 0 Å². The molecule has 0 aromatic carbocycles. The number of pyridine rings is 1. The summed E-state index contributed by atoms with van der Waals surface area (Å²) in [6, 6.07) is 5.61. The minimum Gasteiger partial charge on any atom is -0.384 e. The third-order valence-electron chi connectivity index (χ3n) is 1.88. The van der Waals surface area contributed by atoms with Crippen molar-refractivity contribution in [3.63, 3.8) is 0 Å². The van der Waals surface area contributed by atoms with E-state index in [1.54, 1.807) is 0 Å². The molecule has 1 atom stereocenters. The molecule has 0 saturated carbocycles. The molecule has 0 aliphatic carbocycles. The van der Waals surface area contributed by atoms with E-state index in [1.165, 1.54) is 0 Å². The number of aliphatic hydroxyl groups excluding tert-OH is 1. The summed E-state index contributed by atoms with van der Waals surface area (Å²) in [6.07, 6.45) is 0.356. The maximum absolute atomic E-state index is 9.68. The molecule has 78 valence electrons. The Morgan fingerprint density at radius 3 is 2.93 bits per heavy atom. The van der Waals surface area contributed by atoms with E-state index in [2.05, 4.69) is 4.98 Å². The van der Waals surface area contributed by atoms with E-state index in [9.17, 15) is 5.11 Å². The molecule has 0 aliphatic rings. The maximum atomic E-state index is 9.68. The van der Waals surface area contributed by atoms with Crippen LogP contribution in [0.25, 0.3) is 0 Å². The SMILES string of the molecule is CCCOCC(O)c1cccc(C)n1. The molecule has 1 aromatic heterocycles. The van der Waals surface area contributed by atoms with E-state index in [1.807, 2.05) is 32.0 Å². The highest BCUT2D eigenvalue weighted by atomic mass is 16.5. The third-order valence-corrected chi connectivity index (χ3v) is 1.88. The smallest absolute Gasteiger partial charge is 0.119 e. The predicted molar refractivity (Wildman–Crippen MR) is 55.0 cm³/mol. The van der Waals surface area contributed by atoms with Gasteiger partial charge in [0, 0.05) is 12.3 Å². The van der Waals surface area contributed by atoms with E-state index in [0.717, 1.165) is 12.1 Å². The highest BCUT2D eigenvalue weighted by molar-refractivity contribution is 5.11. The van der Waals surface area contributed by atoms with E-state index >= 15 is 0 Å². The second kappa shape index (κ2) is 5.73. The van der Waals surface area contributed by atoms with Crippen LogP contribution in [0.4, 0.5) is 0 Å². The first-order chi connectivity index (χ1) is 6.74. The molecule has 1 N–H and O–H groups in total. The van der Waals surface area contributed by atoms with Crippen molar-refractivity contribution in [1.82, 2.24) is 4.98 Å². The van der Waals surface area contributed by atoms with Gasteiger partial charge in [-0.25, -0.2) is 0 Å². The van der Waals surface area contributed by atoms with Crippen molar-refractivity contribution in [1.29, 1.82) is 0 Å². The summed E-state index contributed by atoms with van der Waals surface area (Å²) in [7, 11) is 0. The topological polar surface area (TPSA) is 42.4 Å². The highest BCUT2D eigenvalue weighted by Gasteiger charge is 2.08. The molecule has 3 heteroatoms. The van der Waals surface area contributed by atoms with Crippen LogP contribution in [-0.4, -0.2) is 23.3 Å². The van der Waals surface area contributed by atoms with Crippen LogP contribution < -0.4 is 0 Å². The van der Waals surface area contributed by atoms with Gasteiger partial charge in [-0.2, -0.15) is 0 Å². The molecule has 1 unspecified atom stereocenters. The first-order valence-electron chi connectivity index (χ1n) is 4.93. The maximum Gasteiger partial charge on any atom is 0.119 e. The van der Waals surface area contributed by atoms with Gasteiger partial charge in [0.05, 0.1) is 12.3 Å². The Balaban J connectivity index is 2.47. The van der Waals surface area contributed by atoms with Crippen molar-refractivity contribution < 1.29 is 9.84 Å². The van der Waals surface area contributed by atoms with Crippen LogP contribution in [0, 0.1) is 6.92 Å². The average Bonchev–Trinajstić information content (AvgIpc) is 2.18. The zero-order valence-corrected chi connectivity index (χ0v) is 8.73. The van der Waals surface area contributed by atoms with Crippen LogP contribution in [0.1, 0.15) is 30.8 Å². The third kappa shape index (κ3) is 3.44. The fourth-order valence-electron chi connectivity index (χ4n) is 1.17. The summed E-state index contributed by atoms with van der Waals surface area (Å²) >= 11 is 0. The van der Waals surface area contributed by atoms with Gasteiger partial charge in [0.15, 0.2) is 0 Å². The number of aliphatic hydroxyl groups is 1. The van der Waals surface area contributed by atoms with Gasteiger partial charge in [-0.1, -0.05) is 13.0 Å². The Bertz CT molecular complexity index is 276. The van der Waals surface area contributed by atoms with Crippen molar-refractivity contribution in [2.24, 2.45) is 0 Å². The lowest BCUT2D eigenvalue weighted by Gasteiger charge is -2.10. The van der Waals surface area contributed by atoms with E-state index < -0.39 is 6.10 Å². The largest absolute Gasteiger partial charge is 0.384 e. The number of ether oxygens (including phenoxy) is 1. The summed E-state index contributed by atoms with van der Waals surface area (Å²) in [5.41, 5.74) is 1.60. The molecule has 1 rings (SSSR count). The molecule has 14 heavy (non-hydrogen) atoms. The second-order valence-corrected chi connectivity index (χ2v) is 3.29. The number of hydrogen-bond acceptors (Lipinski definition) is 3. The first-order valence-corrected chi connectivity index (χ1v) is 4.93. The summed E-state index contributed by atoms with van der Waals surface area (Å²) in [5, 5.41) is 9.68. The van der Waals surface area contributed by atoms with Crippen LogP contribution >= 0.6 is 0 Å². The van der Waals surface area contributed by atoms with Gasteiger partial charge < -0.3 is 9.84 Å². The predicted octanol–water partition coefficient (Wildman–Crippen LogP) is 1.85. The Morgan fingerprint density at radius 1 is 1.50 bits per heavy atom. The van der Waals surface area contributed by atoms with Gasteiger partial charge in [0.25, 0.3) is 0 Å². The van der Waals surface area contributed by atoms with Crippen LogP contribution in [0.2, 0.25) is 0 Å². The van der Waals surface area contributed by atoms with Gasteiger partial charge in [0.1, 0.15) is 6.10 Å². The highest BCUT2D eigenvalue weighted by Crippen LogP contribution is 2.10. The van der Waals surface area contributed by atoms with E-state index in [4.69, 9.17) is 4.74 Å². The standard InChI is InChI=1S/C11H17NO2/c1-3-7-14-8-11(13)10-6-4-5-9(2)12-10/h4-6,11,13H,3,7-8H2,1-2H3. The Hall–Kier alpha value is -0.930. The molecule has 0 saturated heterocycles. The molecule has 0 radical (unpaired) electrons. The fraction of sp³-hybridized carbons (Fsp3) is 0.545. The lowest BCUT2D eigenvalue weighted by Crippen LogP contribution is -2.09. The van der Waals surface area contributed by atoms with Gasteiger partial charge in [-0.3, -0.25) is 4.98 Å². The van der Waals surface area contributed by atoms with Gasteiger partial charge >= 0.3 is 0 Å². The lowest BCUT2D eigenvalue weighted by atomic mass is 10.2. The fourth-order valence-corrected chi connectivity index (χ4v) is 1.17. The van der Waals surface area contributed by atoms with Crippen molar-refractivity contribution in [3.05, 3.63) is 29.6 Å². The first kappa shape index (κ1) is 11.1. The molecular weight excluding hydrogens is 178 g/mol. The van der Waals surface area contributed by atoms with Crippen LogP contribution in [0.3, 0.4) is 0 Å². The van der Waals surface area contributed by atoms with Crippen LogP contribution in [0.15, 0.2) is 18.2 Å². The second-order valence-electron chi connectivity index (χ2n) is 3.29. The zero-order chi connectivity index (χ0) is 10.4. The normalized spacial score (nSPS) is 12.8. The summed E-state index contributed by atoms with van der Waals surface area (Å²) in [4.78, 5) is 4.22.